The van der Waals surface area contributed by atoms with E-state index in [0.29, 0.717) is 5.02 Å². The smallest absolute Gasteiger partial charge is 0.189 e. The molecule has 2 rings (SSSR count). The van der Waals surface area contributed by atoms with Gasteiger partial charge < -0.3 is 5.11 Å². The summed E-state index contributed by atoms with van der Waals surface area (Å²) in [7, 11) is 0. The van der Waals surface area contributed by atoms with Crippen LogP contribution < -0.4 is 0 Å². The molecule has 0 spiro atoms. The monoisotopic (exact) mass is 333 g/mol. The Morgan fingerprint density at radius 1 is 1.30 bits per heavy atom. The van der Waals surface area contributed by atoms with Crippen LogP contribution in [0.15, 0.2) is 43.0 Å². The van der Waals surface area contributed by atoms with E-state index in [0.717, 1.165) is 5.56 Å². The van der Waals surface area contributed by atoms with Crippen molar-refractivity contribution in [1.82, 2.24) is 14.8 Å². The van der Waals surface area contributed by atoms with Gasteiger partial charge in [0.05, 0.1) is 6.54 Å². The molecule has 122 valence electrons. The van der Waals surface area contributed by atoms with Crippen molar-refractivity contribution in [3.05, 3.63) is 53.6 Å². The summed E-state index contributed by atoms with van der Waals surface area (Å²) in [5.41, 5.74) is -1.43. The molecule has 1 N–H and O–H groups in total. The van der Waals surface area contributed by atoms with E-state index in [2.05, 4.69) is 10.1 Å². The summed E-state index contributed by atoms with van der Waals surface area (Å²) >= 11 is 5.84. The zero-order valence-corrected chi connectivity index (χ0v) is 14.2. The Bertz CT molecular complexity index is 688. The average Bonchev–Trinajstić information content (AvgIpc) is 2.97. The summed E-state index contributed by atoms with van der Waals surface area (Å²) in [5, 5.41) is 15.6. The van der Waals surface area contributed by atoms with E-state index < -0.39 is 11.0 Å². The number of aromatic nitrogens is 3. The number of hydrogen-bond donors (Lipinski definition) is 1. The molecule has 1 aromatic heterocycles. The Balaban J connectivity index is 2.24. The van der Waals surface area contributed by atoms with Gasteiger partial charge in [-0.2, -0.15) is 5.10 Å². The molecule has 0 saturated carbocycles. The average molecular weight is 334 g/mol. The lowest BCUT2D eigenvalue weighted by Crippen LogP contribution is -2.52. The van der Waals surface area contributed by atoms with E-state index in [9.17, 15) is 9.90 Å². The fourth-order valence-corrected chi connectivity index (χ4v) is 2.24. The van der Waals surface area contributed by atoms with Gasteiger partial charge in [-0.15, -0.1) is 0 Å². The van der Waals surface area contributed by atoms with E-state index in [1.54, 1.807) is 30.3 Å². The summed E-state index contributed by atoms with van der Waals surface area (Å²) in [4.78, 5) is 16.5. The van der Waals surface area contributed by atoms with Gasteiger partial charge in [0.25, 0.3) is 0 Å². The van der Waals surface area contributed by atoms with Crippen LogP contribution in [0, 0.1) is 5.41 Å². The first kappa shape index (κ1) is 17.4. The summed E-state index contributed by atoms with van der Waals surface area (Å²) in [6.07, 6.45) is 5.91. The van der Waals surface area contributed by atoms with E-state index in [1.165, 1.54) is 23.4 Å². The Kier molecular flexibility index (Phi) is 5.02. The standard InChI is InChI=1S/C17H20ClN3O2/c1-16(2,3)17(23,10-21-12-19-11-20-21)15(22)9-6-13-4-7-14(18)8-5-13/h4-9,11-12,23H,10H2,1-3H3. The van der Waals surface area contributed by atoms with Crippen LogP contribution in [0.25, 0.3) is 6.08 Å². The maximum absolute atomic E-state index is 12.7. The Morgan fingerprint density at radius 2 is 1.96 bits per heavy atom. The van der Waals surface area contributed by atoms with Crippen LogP contribution in [-0.2, 0) is 11.3 Å². The Hall–Kier alpha value is -1.98. The summed E-state index contributed by atoms with van der Waals surface area (Å²) in [6, 6.07) is 7.10. The molecule has 1 atom stereocenters. The molecule has 0 aliphatic rings. The number of benzene rings is 1. The molecule has 1 aromatic carbocycles. The second kappa shape index (κ2) is 6.64. The highest BCUT2D eigenvalue weighted by atomic mass is 35.5. The van der Waals surface area contributed by atoms with Gasteiger partial charge in [-0.25, -0.2) is 9.67 Å². The lowest BCUT2D eigenvalue weighted by molar-refractivity contribution is -0.147. The molecule has 0 saturated heterocycles. The molecule has 0 aliphatic heterocycles. The summed E-state index contributed by atoms with van der Waals surface area (Å²) in [6.45, 7) is 5.49. The number of aliphatic hydroxyl groups is 1. The van der Waals surface area contributed by atoms with E-state index in [1.807, 2.05) is 20.8 Å². The second-order valence-electron chi connectivity index (χ2n) is 6.45. The number of rotatable bonds is 5. The van der Waals surface area contributed by atoms with Crippen LogP contribution in [0.3, 0.4) is 0 Å². The van der Waals surface area contributed by atoms with Gasteiger partial charge in [0.2, 0.25) is 0 Å². The van der Waals surface area contributed by atoms with Crippen molar-refractivity contribution in [2.24, 2.45) is 5.41 Å². The van der Waals surface area contributed by atoms with Crippen molar-refractivity contribution in [2.45, 2.75) is 32.9 Å². The van der Waals surface area contributed by atoms with Crippen LogP contribution in [0.2, 0.25) is 5.02 Å². The lowest BCUT2D eigenvalue weighted by atomic mass is 9.73. The zero-order valence-electron chi connectivity index (χ0n) is 13.4. The number of hydrogen-bond acceptors (Lipinski definition) is 4. The summed E-state index contributed by atoms with van der Waals surface area (Å²) in [5.74, 6) is -0.379. The highest BCUT2D eigenvalue weighted by Gasteiger charge is 2.46. The van der Waals surface area contributed by atoms with E-state index >= 15 is 0 Å². The molecule has 1 unspecified atom stereocenters. The van der Waals surface area contributed by atoms with Crippen molar-refractivity contribution in [1.29, 1.82) is 0 Å². The lowest BCUT2D eigenvalue weighted by Gasteiger charge is -2.37. The minimum Gasteiger partial charge on any atom is -0.379 e. The topological polar surface area (TPSA) is 68.0 Å². The fraction of sp³-hybridized carbons (Fsp3) is 0.353. The molecule has 2 aromatic rings. The van der Waals surface area contributed by atoms with Crippen LogP contribution in [0.4, 0.5) is 0 Å². The van der Waals surface area contributed by atoms with Gasteiger partial charge in [0.1, 0.15) is 12.7 Å². The minimum absolute atomic E-state index is 0.0420. The molecule has 0 bridgehead atoms. The number of ketones is 1. The Morgan fingerprint density at radius 3 is 2.48 bits per heavy atom. The van der Waals surface area contributed by atoms with E-state index in [-0.39, 0.29) is 12.3 Å². The molecule has 0 radical (unpaired) electrons. The third-order valence-electron chi connectivity index (χ3n) is 3.80. The first-order valence-electron chi connectivity index (χ1n) is 7.25. The van der Waals surface area contributed by atoms with Crippen LogP contribution in [0.1, 0.15) is 26.3 Å². The molecule has 0 aliphatic carbocycles. The SMILES string of the molecule is CC(C)(C)C(O)(Cn1cncn1)C(=O)C=Cc1ccc(Cl)cc1. The molecule has 6 heteroatoms. The van der Waals surface area contributed by atoms with Crippen LogP contribution in [-0.4, -0.2) is 31.3 Å². The van der Waals surface area contributed by atoms with E-state index in [4.69, 9.17) is 11.6 Å². The maximum Gasteiger partial charge on any atom is 0.189 e. The predicted molar refractivity (Wildman–Crippen MR) is 89.9 cm³/mol. The van der Waals surface area contributed by atoms with Crippen molar-refractivity contribution in [2.75, 3.05) is 0 Å². The quantitative estimate of drug-likeness (QED) is 0.854. The maximum atomic E-state index is 12.7. The van der Waals surface area contributed by atoms with Gasteiger partial charge in [0, 0.05) is 10.4 Å². The van der Waals surface area contributed by atoms with Crippen molar-refractivity contribution < 1.29 is 9.90 Å². The van der Waals surface area contributed by atoms with Gasteiger partial charge >= 0.3 is 0 Å². The predicted octanol–water partition coefficient (Wildman–Crippen LogP) is 2.99. The molecular formula is C17H20ClN3O2. The van der Waals surface area contributed by atoms with Crippen molar-refractivity contribution in [3.8, 4) is 0 Å². The second-order valence-corrected chi connectivity index (χ2v) is 6.89. The number of halogens is 1. The first-order chi connectivity index (χ1) is 10.7. The van der Waals surface area contributed by atoms with Gasteiger partial charge in [-0.3, -0.25) is 4.79 Å². The van der Waals surface area contributed by atoms with Gasteiger partial charge in [-0.1, -0.05) is 50.6 Å². The largest absolute Gasteiger partial charge is 0.379 e. The number of nitrogens with zero attached hydrogens (tertiary/aromatic N) is 3. The molecule has 23 heavy (non-hydrogen) atoms. The molecule has 1 heterocycles. The third-order valence-corrected chi connectivity index (χ3v) is 4.05. The van der Waals surface area contributed by atoms with Gasteiger partial charge in [0.15, 0.2) is 11.4 Å². The fourth-order valence-electron chi connectivity index (χ4n) is 2.12. The highest BCUT2D eigenvalue weighted by Crippen LogP contribution is 2.33. The van der Waals surface area contributed by atoms with Crippen LogP contribution in [0.5, 0.6) is 0 Å². The minimum atomic E-state index is -1.59. The molecule has 5 nitrogen and oxygen atoms in total. The third kappa shape index (κ3) is 4.06. The molecular weight excluding hydrogens is 314 g/mol. The zero-order chi connectivity index (χ0) is 17.1. The number of carbonyl (C=O) groups is 1. The number of carbonyl (C=O) groups excluding carboxylic acids is 1. The van der Waals surface area contributed by atoms with Crippen molar-refractivity contribution in [3.63, 3.8) is 0 Å². The van der Waals surface area contributed by atoms with Crippen LogP contribution >= 0.6 is 11.6 Å². The van der Waals surface area contributed by atoms with Crippen molar-refractivity contribution >= 4 is 23.5 Å². The molecule has 0 fully saturated rings. The normalized spacial score (nSPS) is 14.8. The Labute approximate surface area is 140 Å². The first-order valence-corrected chi connectivity index (χ1v) is 7.63. The summed E-state index contributed by atoms with van der Waals surface area (Å²) < 4.78 is 1.46. The molecule has 0 amide bonds. The highest BCUT2D eigenvalue weighted by molar-refractivity contribution is 6.30. The van der Waals surface area contributed by atoms with Gasteiger partial charge in [-0.05, 0) is 23.8 Å².